The second kappa shape index (κ2) is 19.9. The predicted molar refractivity (Wildman–Crippen MR) is 302 cm³/mol. The molecule has 0 aliphatic rings. The maximum absolute atomic E-state index is 6.89. The molecule has 11 aromatic rings. The van der Waals surface area contributed by atoms with Gasteiger partial charge in [0.25, 0.3) is 6.33 Å². The molecule has 0 radical (unpaired) electrons. The topological polar surface area (TPSA) is 35.9 Å². The molecule has 75 heavy (non-hydrogen) atoms. The number of rotatable bonds is 12. The van der Waals surface area contributed by atoms with E-state index >= 15 is 0 Å². The van der Waals surface area contributed by atoms with E-state index in [0.717, 1.165) is 55.9 Å². The zero-order valence-electron chi connectivity index (χ0n) is 44.2. The number of hydrogen-bond donors (Lipinski definition) is 0. The van der Waals surface area contributed by atoms with Gasteiger partial charge in [0.1, 0.15) is 5.82 Å². The first kappa shape index (κ1) is 50.9. The SMILES string of the molecule is CC(C)(C)c1ccnc(-n2c3[c-]c(Oc4[c-]c(-n5[c-][n+](-c6cccc(C(C)(C)c7ccccc7)c6)c(C(C)(C)c6ccccc6)c5C(C)(C)c5ccccc5)ccc4)ccc3c3cc(-c4ccccc4)ccc32)c1.[Pt]. The molecule has 0 saturated carbocycles. The number of imidazole rings is 1. The van der Waals surface area contributed by atoms with Crippen LogP contribution in [0.25, 0.3) is 50.1 Å². The fraction of sp³-hybridized carbons (Fsp3) is 0.188. The molecule has 0 atom stereocenters. The monoisotopic (exact) mass is 1160 g/mol. The largest absolute Gasteiger partial charge is 0.510 e. The summed E-state index contributed by atoms with van der Waals surface area (Å²) in [6.07, 6.45) is 5.88. The van der Waals surface area contributed by atoms with E-state index in [1.165, 1.54) is 33.4 Å². The Kier molecular flexibility index (Phi) is 13.5. The summed E-state index contributed by atoms with van der Waals surface area (Å²) < 4.78 is 13.6. The van der Waals surface area contributed by atoms with E-state index in [2.05, 4.69) is 283 Å². The number of benzene rings is 8. The van der Waals surface area contributed by atoms with Crippen LogP contribution in [0.3, 0.4) is 0 Å². The van der Waals surface area contributed by atoms with Crippen LogP contribution in [0.5, 0.6) is 11.5 Å². The van der Waals surface area contributed by atoms with E-state index in [-0.39, 0.29) is 31.9 Å². The molecule has 0 unspecified atom stereocenters. The van der Waals surface area contributed by atoms with Crippen LogP contribution in [0.2, 0.25) is 0 Å². The number of hydrogen-bond acceptors (Lipinski definition) is 2. The van der Waals surface area contributed by atoms with Crippen LogP contribution >= 0.6 is 0 Å². The van der Waals surface area contributed by atoms with Crippen molar-refractivity contribution in [1.82, 2.24) is 14.1 Å². The summed E-state index contributed by atoms with van der Waals surface area (Å²) in [5.74, 6) is 1.97. The van der Waals surface area contributed by atoms with Crippen molar-refractivity contribution < 1.29 is 30.4 Å². The molecule has 8 aromatic carbocycles. The number of ether oxygens (including phenoxy) is 1. The Morgan fingerprint density at radius 3 is 1.71 bits per heavy atom. The molecule has 0 aliphatic heterocycles. The second-order valence-electron chi connectivity index (χ2n) is 22.2. The molecule has 0 amide bonds. The van der Waals surface area contributed by atoms with Crippen molar-refractivity contribution in [3.05, 3.63) is 270 Å². The Morgan fingerprint density at radius 2 is 1.05 bits per heavy atom. The second-order valence-corrected chi connectivity index (χ2v) is 22.2. The van der Waals surface area contributed by atoms with Gasteiger partial charge in [-0.1, -0.05) is 213 Å². The third kappa shape index (κ3) is 9.49. The molecule has 5 nitrogen and oxygen atoms in total. The van der Waals surface area contributed by atoms with Gasteiger partial charge in [-0.15, -0.1) is 29.7 Å². The summed E-state index contributed by atoms with van der Waals surface area (Å²) in [5.41, 5.74) is 13.0. The summed E-state index contributed by atoms with van der Waals surface area (Å²) in [5, 5.41) is 2.18. The summed E-state index contributed by atoms with van der Waals surface area (Å²) in [4.78, 5) is 4.97. The maximum atomic E-state index is 6.89. The Morgan fingerprint density at radius 1 is 0.467 bits per heavy atom. The van der Waals surface area contributed by atoms with Crippen molar-refractivity contribution in [2.75, 3.05) is 0 Å². The maximum Gasteiger partial charge on any atom is 0.267 e. The van der Waals surface area contributed by atoms with Crippen LogP contribution in [0.1, 0.15) is 102 Å². The normalized spacial score (nSPS) is 12.2. The van der Waals surface area contributed by atoms with E-state index in [0.29, 0.717) is 11.5 Å². The van der Waals surface area contributed by atoms with E-state index in [1.54, 1.807) is 0 Å². The number of fused-ring (bicyclic) bond motifs is 3. The van der Waals surface area contributed by atoms with Crippen molar-refractivity contribution >= 4 is 21.8 Å². The molecular formula is C69H62N4OPt-2. The van der Waals surface area contributed by atoms with Crippen LogP contribution in [-0.2, 0) is 42.7 Å². The van der Waals surface area contributed by atoms with Crippen LogP contribution in [0, 0.1) is 18.5 Å². The molecule has 0 aliphatic carbocycles. The van der Waals surface area contributed by atoms with Gasteiger partial charge in [-0.2, -0.15) is 18.2 Å². The van der Waals surface area contributed by atoms with Crippen molar-refractivity contribution in [1.29, 1.82) is 0 Å². The summed E-state index contributed by atoms with van der Waals surface area (Å²) in [7, 11) is 0. The smallest absolute Gasteiger partial charge is 0.267 e. The Bertz CT molecular complexity index is 3810. The minimum atomic E-state index is -0.513. The molecule has 376 valence electrons. The quantitative estimate of drug-likeness (QED) is 0.0903. The van der Waals surface area contributed by atoms with Gasteiger partial charge >= 0.3 is 0 Å². The molecule has 0 N–H and O–H groups in total. The van der Waals surface area contributed by atoms with Gasteiger partial charge in [0.15, 0.2) is 0 Å². The number of nitrogens with zero attached hydrogens (tertiary/aromatic N) is 4. The summed E-state index contributed by atoms with van der Waals surface area (Å²) in [6.45, 7) is 20.6. The Hall–Kier alpha value is -7.59. The van der Waals surface area contributed by atoms with E-state index in [9.17, 15) is 0 Å². The predicted octanol–water partition coefficient (Wildman–Crippen LogP) is 16.4. The average Bonchev–Trinajstić information content (AvgIpc) is 4.09. The van der Waals surface area contributed by atoms with E-state index in [4.69, 9.17) is 9.72 Å². The number of aromatic nitrogens is 4. The van der Waals surface area contributed by atoms with Gasteiger partial charge in [0.05, 0.1) is 17.1 Å². The average molecular weight is 1160 g/mol. The van der Waals surface area contributed by atoms with E-state index in [1.807, 2.05) is 24.4 Å². The molecular weight excluding hydrogens is 1100 g/mol. The number of pyridine rings is 1. The first-order valence-corrected chi connectivity index (χ1v) is 25.7. The van der Waals surface area contributed by atoms with Gasteiger partial charge < -0.3 is 13.9 Å². The van der Waals surface area contributed by atoms with Crippen molar-refractivity contribution in [2.24, 2.45) is 0 Å². The Labute approximate surface area is 457 Å². The molecule has 0 saturated heterocycles. The standard InChI is InChI=1S/C69H62N4O.Pt/c1-66(2,3)53-40-41-70-63(44-53)73-61-39-36-49(48-24-14-10-15-25-48)42-60(61)59-38-37-58(46-62(59)73)74-57-35-23-34-56(45-57)72-47-71(55-33-22-32-54(43-55)67(4,5)50-26-16-11-17-27-50)64(68(6,7)51-28-18-12-19-29-51)65(72)69(8,9)52-30-20-13-21-31-52;/h10-44H,1-9H3;/q-2;. The third-order valence-corrected chi connectivity index (χ3v) is 15.2. The summed E-state index contributed by atoms with van der Waals surface area (Å²) >= 11 is 0. The fourth-order valence-corrected chi connectivity index (χ4v) is 10.7. The van der Waals surface area contributed by atoms with Crippen molar-refractivity contribution in [2.45, 2.75) is 84.0 Å². The minimum Gasteiger partial charge on any atom is -0.510 e. The van der Waals surface area contributed by atoms with Crippen LogP contribution in [0.4, 0.5) is 0 Å². The minimum absolute atomic E-state index is 0. The zero-order chi connectivity index (χ0) is 51.4. The zero-order valence-corrected chi connectivity index (χ0v) is 46.5. The van der Waals surface area contributed by atoms with E-state index < -0.39 is 10.8 Å². The van der Waals surface area contributed by atoms with Gasteiger partial charge in [0, 0.05) is 60.5 Å². The molecule has 3 heterocycles. The molecule has 0 spiro atoms. The van der Waals surface area contributed by atoms with Gasteiger partial charge in [-0.25, -0.2) is 4.98 Å². The molecule has 0 fully saturated rings. The Balaban J connectivity index is 0.00000641. The van der Waals surface area contributed by atoms with Gasteiger partial charge in [0.2, 0.25) is 0 Å². The van der Waals surface area contributed by atoms with Crippen molar-refractivity contribution in [3.8, 4) is 39.8 Å². The first-order valence-electron chi connectivity index (χ1n) is 25.7. The van der Waals surface area contributed by atoms with Crippen LogP contribution in [-0.4, -0.2) is 14.1 Å². The van der Waals surface area contributed by atoms with Crippen LogP contribution < -0.4 is 9.30 Å². The van der Waals surface area contributed by atoms with Crippen molar-refractivity contribution in [3.63, 3.8) is 0 Å². The van der Waals surface area contributed by atoms with Gasteiger partial charge in [-0.05, 0) is 85.8 Å². The molecule has 0 bridgehead atoms. The third-order valence-electron chi connectivity index (χ3n) is 15.2. The molecule has 3 aromatic heterocycles. The first-order chi connectivity index (χ1) is 35.6. The van der Waals surface area contributed by atoms with Crippen LogP contribution in [0.15, 0.2) is 212 Å². The fourth-order valence-electron chi connectivity index (χ4n) is 10.7. The molecule has 11 rings (SSSR count). The molecule has 6 heteroatoms. The summed E-state index contributed by atoms with van der Waals surface area (Å²) in [6, 6.07) is 80.7. The van der Waals surface area contributed by atoms with Gasteiger partial charge in [-0.3, -0.25) is 4.57 Å².